The van der Waals surface area contributed by atoms with Crippen molar-refractivity contribution in [2.45, 2.75) is 13.8 Å². The third-order valence-electron chi connectivity index (χ3n) is 5.10. The van der Waals surface area contributed by atoms with Gasteiger partial charge in [-0.15, -0.1) is 5.10 Å². The molecule has 11 heteroatoms. The van der Waals surface area contributed by atoms with Crippen molar-refractivity contribution in [3.63, 3.8) is 0 Å². The van der Waals surface area contributed by atoms with E-state index in [-0.39, 0.29) is 11.5 Å². The van der Waals surface area contributed by atoms with Crippen molar-refractivity contribution in [1.29, 1.82) is 5.26 Å². The highest BCUT2D eigenvalue weighted by molar-refractivity contribution is 9.10. The van der Waals surface area contributed by atoms with E-state index in [0.717, 1.165) is 22.4 Å². The van der Waals surface area contributed by atoms with Crippen LogP contribution in [0.1, 0.15) is 28.7 Å². The second-order valence-corrected chi connectivity index (χ2v) is 8.34. The fraction of sp³-hybridized carbons (Fsp3) is 0.0870. The maximum absolute atomic E-state index is 12.2. The number of pyridine rings is 1. The lowest BCUT2D eigenvalue weighted by atomic mass is 10.2. The summed E-state index contributed by atoms with van der Waals surface area (Å²) in [5, 5.41) is 24.9. The molecule has 0 aliphatic rings. The van der Waals surface area contributed by atoms with Gasteiger partial charge in [0.15, 0.2) is 23.1 Å². The number of aromatic nitrogens is 7. The molecule has 4 heterocycles. The maximum atomic E-state index is 12.2. The Morgan fingerprint density at radius 3 is 2.71 bits per heavy atom. The molecule has 5 aromatic rings. The van der Waals surface area contributed by atoms with Gasteiger partial charge in [0.25, 0.3) is 0 Å². The third kappa shape index (κ3) is 3.91. The molecule has 1 N–H and O–H groups in total. The summed E-state index contributed by atoms with van der Waals surface area (Å²) in [6.45, 7) is 3.34. The van der Waals surface area contributed by atoms with Gasteiger partial charge >= 0.3 is 0 Å². The number of hydrogen-bond acceptors (Lipinski definition) is 8. The fourth-order valence-electron chi connectivity index (χ4n) is 3.45. The molecular weight excluding hydrogens is 498 g/mol. The minimum atomic E-state index is -0.162. The number of aryl methyl sites for hydroxylation is 1. The topological polar surface area (TPSA) is 127 Å². The molecule has 0 aliphatic heterocycles. The monoisotopic (exact) mass is 513 g/mol. The summed E-state index contributed by atoms with van der Waals surface area (Å²) in [7, 11) is 0. The van der Waals surface area contributed by atoms with Gasteiger partial charge in [-0.25, -0.2) is 14.6 Å². The van der Waals surface area contributed by atoms with Crippen molar-refractivity contribution in [2.24, 2.45) is 0 Å². The summed E-state index contributed by atoms with van der Waals surface area (Å²) >= 11 is 3.31. The predicted molar refractivity (Wildman–Crippen MR) is 128 cm³/mol. The van der Waals surface area contributed by atoms with E-state index in [4.69, 9.17) is 0 Å². The van der Waals surface area contributed by atoms with E-state index in [1.165, 1.54) is 11.6 Å². The molecule has 0 aliphatic carbocycles. The third-order valence-corrected chi connectivity index (χ3v) is 5.68. The number of imidazole rings is 1. The van der Waals surface area contributed by atoms with E-state index < -0.39 is 0 Å². The van der Waals surface area contributed by atoms with Crippen LogP contribution in [0.5, 0.6) is 0 Å². The fourth-order valence-corrected chi connectivity index (χ4v) is 3.81. The van der Waals surface area contributed by atoms with Crippen LogP contribution in [0.3, 0.4) is 0 Å². The summed E-state index contributed by atoms with van der Waals surface area (Å²) in [6, 6.07) is 14.9. The number of nitriles is 1. The van der Waals surface area contributed by atoms with Crippen molar-refractivity contribution >= 4 is 44.3 Å². The molecule has 166 valence electrons. The molecule has 0 unspecified atom stereocenters. The Balaban J connectivity index is 1.54. The number of fused-ring (bicyclic) bond motifs is 1. The number of hydrogen-bond donors (Lipinski definition) is 1. The summed E-state index contributed by atoms with van der Waals surface area (Å²) in [5.41, 5.74) is 3.83. The number of benzene rings is 1. The van der Waals surface area contributed by atoms with E-state index in [1.54, 1.807) is 24.7 Å². The Bertz CT molecular complexity index is 1600. The number of rotatable bonds is 5. The second kappa shape index (κ2) is 8.49. The first kappa shape index (κ1) is 21.4. The van der Waals surface area contributed by atoms with Crippen LogP contribution in [-0.4, -0.2) is 40.3 Å². The van der Waals surface area contributed by atoms with Gasteiger partial charge in [0.2, 0.25) is 0 Å². The molecule has 0 saturated carbocycles. The maximum Gasteiger partial charge on any atom is 0.177 e. The van der Waals surface area contributed by atoms with Crippen molar-refractivity contribution < 1.29 is 4.79 Å². The smallest absolute Gasteiger partial charge is 0.177 e. The van der Waals surface area contributed by atoms with E-state index in [1.807, 2.05) is 47.9 Å². The molecule has 10 nitrogen and oxygen atoms in total. The molecule has 0 spiro atoms. The Hall–Kier alpha value is -4.43. The van der Waals surface area contributed by atoms with Crippen LogP contribution in [0, 0.1) is 18.3 Å². The van der Waals surface area contributed by atoms with Crippen LogP contribution < -0.4 is 5.32 Å². The first-order chi connectivity index (χ1) is 16.4. The van der Waals surface area contributed by atoms with Crippen molar-refractivity contribution in [1.82, 2.24) is 34.5 Å². The van der Waals surface area contributed by atoms with E-state index in [2.05, 4.69) is 46.5 Å². The zero-order valence-corrected chi connectivity index (χ0v) is 19.6. The van der Waals surface area contributed by atoms with Gasteiger partial charge in [0.05, 0.1) is 26.8 Å². The second-order valence-electron chi connectivity index (χ2n) is 7.48. The van der Waals surface area contributed by atoms with E-state index in [0.29, 0.717) is 27.5 Å². The first-order valence-electron chi connectivity index (χ1n) is 10.2. The number of ketones is 1. The SMILES string of the molecule is CC(=O)c1ccc(-n2cnc3cc(Nc4ccc(C)nn4)ccc32)nc1-n1cc(Br)c(C#N)n1. The highest BCUT2D eigenvalue weighted by Gasteiger charge is 2.17. The van der Waals surface area contributed by atoms with Gasteiger partial charge in [-0.3, -0.25) is 9.36 Å². The van der Waals surface area contributed by atoms with Crippen LogP contribution in [-0.2, 0) is 0 Å². The Kier molecular flexibility index (Phi) is 5.35. The average Bonchev–Trinajstić information content (AvgIpc) is 3.43. The number of anilines is 2. The molecule has 0 saturated heterocycles. The lowest BCUT2D eigenvalue weighted by Crippen LogP contribution is -2.09. The van der Waals surface area contributed by atoms with Gasteiger partial charge in [-0.2, -0.15) is 15.5 Å². The summed E-state index contributed by atoms with van der Waals surface area (Å²) in [4.78, 5) is 21.4. The zero-order valence-electron chi connectivity index (χ0n) is 18.1. The van der Waals surface area contributed by atoms with Gasteiger partial charge in [-0.1, -0.05) is 0 Å². The molecule has 0 atom stereocenters. The van der Waals surface area contributed by atoms with Crippen LogP contribution in [0.2, 0.25) is 0 Å². The Morgan fingerprint density at radius 1 is 1.15 bits per heavy atom. The Labute approximate surface area is 202 Å². The number of Topliss-reactive ketones (excluding diaryl/α,β-unsaturated/α-hetero) is 1. The minimum Gasteiger partial charge on any atom is -0.339 e. The minimum absolute atomic E-state index is 0.162. The molecule has 1 aromatic carbocycles. The molecule has 34 heavy (non-hydrogen) atoms. The lowest BCUT2D eigenvalue weighted by molar-refractivity contribution is 0.101. The van der Waals surface area contributed by atoms with Crippen molar-refractivity contribution in [3.8, 4) is 17.7 Å². The number of nitrogens with zero attached hydrogens (tertiary/aromatic N) is 8. The molecular formula is C23H16BrN9O. The zero-order chi connectivity index (χ0) is 23.8. The summed E-state index contributed by atoms with van der Waals surface area (Å²) < 4.78 is 3.76. The highest BCUT2D eigenvalue weighted by Crippen LogP contribution is 2.25. The van der Waals surface area contributed by atoms with Gasteiger partial charge in [-0.05, 0) is 72.2 Å². The number of halogens is 1. The van der Waals surface area contributed by atoms with E-state index in [9.17, 15) is 10.1 Å². The molecule has 0 fully saturated rings. The molecule has 5 rings (SSSR count). The van der Waals surface area contributed by atoms with Crippen LogP contribution in [0.25, 0.3) is 22.7 Å². The predicted octanol–water partition coefficient (Wildman–Crippen LogP) is 4.29. The van der Waals surface area contributed by atoms with Crippen LogP contribution in [0.4, 0.5) is 11.5 Å². The van der Waals surface area contributed by atoms with Gasteiger partial charge in [0.1, 0.15) is 18.2 Å². The van der Waals surface area contributed by atoms with Crippen molar-refractivity contribution in [3.05, 3.63) is 76.4 Å². The number of carbonyl (C=O) groups is 1. The molecule has 0 amide bonds. The number of nitrogens with one attached hydrogen (secondary N) is 1. The summed E-state index contributed by atoms with van der Waals surface area (Å²) in [5.74, 6) is 1.35. The first-order valence-corrected chi connectivity index (χ1v) is 10.9. The van der Waals surface area contributed by atoms with Gasteiger partial charge < -0.3 is 5.32 Å². The Morgan fingerprint density at radius 2 is 2.00 bits per heavy atom. The average molecular weight is 514 g/mol. The van der Waals surface area contributed by atoms with Crippen LogP contribution >= 0.6 is 15.9 Å². The van der Waals surface area contributed by atoms with E-state index >= 15 is 0 Å². The molecule has 4 aromatic heterocycles. The van der Waals surface area contributed by atoms with Crippen LogP contribution in [0.15, 0.2) is 59.5 Å². The molecule has 0 radical (unpaired) electrons. The quantitative estimate of drug-likeness (QED) is 0.344. The van der Waals surface area contributed by atoms with Crippen molar-refractivity contribution in [2.75, 3.05) is 5.32 Å². The largest absolute Gasteiger partial charge is 0.339 e. The molecule has 0 bridgehead atoms. The lowest BCUT2D eigenvalue weighted by Gasteiger charge is -2.10. The standard InChI is InChI=1S/C23H16BrN9O/c1-13-3-7-21(30-29-13)27-15-4-6-20-18(9-15)26-12-32(20)22-8-5-16(14(2)34)23(28-22)33-11-17(24)19(10-25)31-33/h3-9,11-12H,1-2H3,(H,27,30). The van der Waals surface area contributed by atoms with Gasteiger partial charge in [0, 0.05) is 11.9 Å². The normalized spacial score (nSPS) is 10.9. The summed E-state index contributed by atoms with van der Waals surface area (Å²) in [6.07, 6.45) is 3.27. The number of carbonyl (C=O) groups excluding carboxylic acids is 1. The highest BCUT2D eigenvalue weighted by atomic mass is 79.9.